The van der Waals surface area contributed by atoms with Crippen LogP contribution in [-0.4, -0.2) is 6.04 Å². The zero-order chi connectivity index (χ0) is 13.4. The number of anilines is 1. The normalized spacial score (nSPS) is 17.3. The van der Waals surface area contributed by atoms with Gasteiger partial charge in [0.25, 0.3) is 0 Å². The first-order valence-electron chi connectivity index (χ1n) is 6.11. The van der Waals surface area contributed by atoms with Crippen LogP contribution in [0, 0.1) is 5.82 Å². The lowest BCUT2D eigenvalue weighted by Crippen LogP contribution is -2.20. The molecule has 0 fully saturated rings. The van der Waals surface area contributed by atoms with Gasteiger partial charge in [-0.15, -0.1) is 0 Å². The lowest BCUT2D eigenvalue weighted by atomic mass is 10.1. The number of benzene rings is 2. The number of fused-ring (bicyclic) bond motifs is 1. The zero-order valence-corrected chi connectivity index (χ0v) is 12.4. The maximum atomic E-state index is 13.8. The van der Waals surface area contributed by atoms with E-state index in [1.165, 1.54) is 17.2 Å². The predicted molar refractivity (Wildman–Crippen MR) is 80.4 cm³/mol. The molecule has 0 saturated heterocycles. The molecule has 2 aromatic rings. The molecule has 1 nitrogen and oxygen atoms in total. The van der Waals surface area contributed by atoms with Crippen LogP contribution >= 0.6 is 27.5 Å². The maximum absolute atomic E-state index is 13.8. The van der Waals surface area contributed by atoms with E-state index >= 15 is 0 Å². The van der Waals surface area contributed by atoms with Gasteiger partial charge >= 0.3 is 0 Å². The van der Waals surface area contributed by atoms with E-state index in [0.717, 1.165) is 22.3 Å². The van der Waals surface area contributed by atoms with Crippen molar-refractivity contribution in [1.82, 2.24) is 0 Å². The predicted octanol–water partition coefficient (Wildman–Crippen LogP) is 4.82. The van der Waals surface area contributed by atoms with Crippen LogP contribution in [0.3, 0.4) is 0 Å². The van der Waals surface area contributed by atoms with Crippen molar-refractivity contribution >= 4 is 33.2 Å². The molecule has 0 amide bonds. The number of halogens is 3. The quantitative estimate of drug-likeness (QED) is 0.826. The Hall–Kier alpha value is -1.06. The third-order valence-corrected chi connectivity index (χ3v) is 4.12. The molecule has 4 heteroatoms. The van der Waals surface area contributed by atoms with Gasteiger partial charge < -0.3 is 5.32 Å². The lowest BCUT2D eigenvalue weighted by Gasteiger charge is -2.14. The number of hydrogen-bond acceptors (Lipinski definition) is 1. The summed E-state index contributed by atoms with van der Waals surface area (Å²) >= 11 is 9.25. The van der Waals surface area contributed by atoms with E-state index in [0.29, 0.717) is 5.69 Å². The van der Waals surface area contributed by atoms with Gasteiger partial charge in [-0.1, -0.05) is 33.6 Å². The first-order chi connectivity index (χ1) is 9.11. The van der Waals surface area contributed by atoms with E-state index < -0.39 is 0 Å². The number of rotatable bonds is 2. The first-order valence-corrected chi connectivity index (χ1v) is 7.28. The van der Waals surface area contributed by atoms with Crippen LogP contribution < -0.4 is 5.32 Å². The number of hydrogen-bond donors (Lipinski definition) is 1. The van der Waals surface area contributed by atoms with Crippen LogP contribution in [0.1, 0.15) is 11.1 Å². The molecule has 0 heterocycles. The Balaban J connectivity index is 1.77. The molecular weight excluding hydrogens is 329 g/mol. The molecule has 0 radical (unpaired) electrons. The summed E-state index contributed by atoms with van der Waals surface area (Å²) in [5.74, 6) is -0.233. The van der Waals surface area contributed by atoms with Gasteiger partial charge in [0.1, 0.15) is 5.82 Å². The van der Waals surface area contributed by atoms with E-state index in [-0.39, 0.29) is 11.9 Å². The van der Waals surface area contributed by atoms with Gasteiger partial charge in [0.15, 0.2) is 0 Å². The van der Waals surface area contributed by atoms with Crippen LogP contribution in [0.15, 0.2) is 40.9 Å². The Kier molecular flexibility index (Phi) is 3.50. The van der Waals surface area contributed by atoms with Crippen LogP contribution in [0.4, 0.5) is 10.1 Å². The third-order valence-electron chi connectivity index (χ3n) is 3.39. The fourth-order valence-corrected chi connectivity index (χ4v) is 3.04. The van der Waals surface area contributed by atoms with Gasteiger partial charge in [0, 0.05) is 15.5 Å². The molecule has 19 heavy (non-hydrogen) atoms. The largest absolute Gasteiger partial charge is 0.379 e. The third kappa shape index (κ3) is 2.77. The molecule has 0 bridgehead atoms. The summed E-state index contributed by atoms with van der Waals surface area (Å²) in [4.78, 5) is 0. The van der Waals surface area contributed by atoms with Crippen LogP contribution in [0.2, 0.25) is 5.02 Å². The number of nitrogens with one attached hydrogen (secondary N) is 1. The minimum atomic E-state index is -0.233. The minimum absolute atomic E-state index is 0.226. The average molecular weight is 341 g/mol. The second kappa shape index (κ2) is 5.14. The van der Waals surface area contributed by atoms with Crippen molar-refractivity contribution in [3.8, 4) is 0 Å². The van der Waals surface area contributed by atoms with Crippen LogP contribution in [-0.2, 0) is 12.8 Å². The van der Waals surface area contributed by atoms with Crippen molar-refractivity contribution in [2.24, 2.45) is 0 Å². The van der Waals surface area contributed by atoms with Gasteiger partial charge in [-0.3, -0.25) is 0 Å². The summed E-state index contributed by atoms with van der Waals surface area (Å²) in [7, 11) is 0. The highest BCUT2D eigenvalue weighted by molar-refractivity contribution is 9.10. The highest BCUT2D eigenvalue weighted by Gasteiger charge is 2.22. The Labute approximate surface area is 124 Å². The highest BCUT2D eigenvalue weighted by Crippen LogP contribution is 2.28. The molecule has 2 aromatic carbocycles. The first kappa shape index (κ1) is 12.9. The second-order valence-electron chi connectivity index (χ2n) is 4.79. The molecule has 0 aliphatic heterocycles. The molecule has 98 valence electrons. The average Bonchev–Trinajstić information content (AvgIpc) is 2.74. The molecule has 1 N–H and O–H groups in total. The molecule has 0 spiro atoms. The zero-order valence-electron chi connectivity index (χ0n) is 10.1. The van der Waals surface area contributed by atoms with E-state index in [4.69, 9.17) is 11.6 Å². The van der Waals surface area contributed by atoms with Crippen molar-refractivity contribution in [3.63, 3.8) is 0 Å². The highest BCUT2D eigenvalue weighted by atomic mass is 79.9. The smallest absolute Gasteiger partial charge is 0.147 e. The molecule has 0 aromatic heterocycles. The van der Waals surface area contributed by atoms with Gasteiger partial charge in [-0.2, -0.15) is 0 Å². The Morgan fingerprint density at radius 2 is 1.89 bits per heavy atom. The molecule has 0 saturated carbocycles. The van der Waals surface area contributed by atoms with E-state index in [1.807, 2.05) is 18.2 Å². The SMILES string of the molecule is Fc1cc(Br)ccc1NC1Cc2ccc(Cl)cc2C1. The van der Waals surface area contributed by atoms with Crippen molar-refractivity contribution in [3.05, 3.63) is 62.8 Å². The summed E-state index contributed by atoms with van der Waals surface area (Å²) < 4.78 is 14.5. The van der Waals surface area contributed by atoms with E-state index in [9.17, 15) is 4.39 Å². The molecule has 1 atom stereocenters. The topological polar surface area (TPSA) is 12.0 Å². The minimum Gasteiger partial charge on any atom is -0.379 e. The fourth-order valence-electron chi connectivity index (χ4n) is 2.52. The lowest BCUT2D eigenvalue weighted by molar-refractivity contribution is 0.624. The van der Waals surface area contributed by atoms with Crippen LogP contribution in [0.25, 0.3) is 0 Å². The monoisotopic (exact) mass is 339 g/mol. The van der Waals surface area contributed by atoms with E-state index in [1.54, 1.807) is 6.07 Å². The van der Waals surface area contributed by atoms with Crippen LogP contribution in [0.5, 0.6) is 0 Å². The van der Waals surface area contributed by atoms with Gasteiger partial charge in [0.2, 0.25) is 0 Å². The summed E-state index contributed by atoms with van der Waals surface area (Å²) in [5.41, 5.74) is 3.09. The second-order valence-corrected chi connectivity index (χ2v) is 6.14. The summed E-state index contributed by atoms with van der Waals surface area (Å²) in [6.07, 6.45) is 1.79. The fraction of sp³-hybridized carbons (Fsp3) is 0.200. The summed E-state index contributed by atoms with van der Waals surface area (Å²) in [6, 6.07) is 11.3. The standard InChI is InChI=1S/C15H12BrClFN/c16-11-2-4-15(14(18)8-11)19-13-6-9-1-3-12(17)5-10(9)7-13/h1-5,8,13,19H,6-7H2. The Morgan fingerprint density at radius 3 is 2.68 bits per heavy atom. The van der Waals surface area contributed by atoms with Crippen molar-refractivity contribution in [2.75, 3.05) is 5.32 Å². The Bertz CT molecular complexity index is 630. The van der Waals surface area contributed by atoms with E-state index in [2.05, 4.69) is 27.3 Å². The molecular formula is C15H12BrClFN. The Morgan fingerprint density at radius 1 is 1.11 bits per heavy atom. The molecule has 1 unspecified atom stereocenters. The summed E-state index contributed by atoms with van der Waals surface area (Å²) in [5, 5.41) is 4.02. The summed E-state index contributed by atoms with van der Waals surface area (Å²) in [6.45, 7) is 0. The maximum Gasteiger partial charge on any atom is 0.147 e. The van der Waals surface area contributed by atoms with Gasteiger partial charge in [-0.05, 0) is 54.3 Å². The van der Waals surface area contributed by atoms with Crippen molar-refractivity contribution in [1.29, 1.82) is 0 Å². The molecule has 3 rings (SSSR count). The van der Waals surface area contributed by atoms with Crippen molar-refractivity contribution in [2.45, 2.75) is 18.9 Å². The van der Waals surface area contributed by atoms with Gasteiger partial charge in [0.05, 0.1) is 5.69 Å². The molecule has 1 aliphatic carbocycles. The molecule has 1 aliphatic rings. The van der Waals surface area contributed by atoms with Crippen molar-refractivity contribution < 1.29 is 4.39 Å². The van der Waals surface area contributed by atoms with Gasteiger partial charge in [-0.25, -0.2) is 4.39 Å².